The number of carbonyl (C=O) groups is 1. The van der Waals surface area contributed by atoms with E-state index in [1.807, 2.05) is 31.5 Å². The minimum absolute atomic E-state index is 0.000536. The lowest BCUT2D eigenvalue weighted by Gasteiger charge is -2.26. The second-order valence-electron chi connectivity index (χ2n) is 7.58. The first-order valence-corrected chi connectivity index (χ1v) is 9.82. The highest BCUT2D eigenvalue weighted by molar-refractivity contribution is 7.99. The first-order chi connectivity index (χ1) is 12.3. The largest absolute Gasteiger partial charge is 0.356 e. The van der Waals surface area contributed by atoms with Crippen molar-refractivity contribution in [2.45, 2.75) is 50.9 Å². The molecule has 1 unspecified atom stereocenters. The van der Waals surface area contributed by atoms with Gasteiger partial charge in [-0.2, -0.15) is 0 Å². The van der Waals surface area contributed by atoms with Crippen molar-refractivity contribution in [2.24, 2.45) is 5.92 Å². The van der Waals surface area contributed by atoms with Crippen LogP contribution in [0.5, 0.6) is 0 Å². The van der Waals surface area contributed by atoms with E-state index in [1.165, 1.54) is 11.8 Å². The maximum Gasteiger partial charge on any atom is 0.254 e. The Balaban J connectivity index is 1.57. The van der Waals surface area contributed by atoms with Gasteiger partial charge in [-0.25, -0.2) is 9.97 Å². The molecule has 1 N–H and O–H groups in total. The number of nitrogens with one attached hydrogen (secondary N) is 1. The van der Waals surface area contributed by atoms with Gasteiger partial charge in [0.2, 0.25) is 5.91 Å². The Bertz CT molecular complexity index is 823. The van der Waals surface area contributed by atoms with Crippen LogP contribution in [0.1, 0.15) is 32.9 Å². The maximum atomic E-state index is 12.5. The van der Waals surface area contributed by atoms with Crippen molar-refractivity contribution in [3.05, 3.63) is 40.8 Å². The van der Waals surface area contributed by atoms with Crippen molar-refractivity contribution in [3.8, 4) is 0 Å². The molecule has 1 amide bonds. The average Bonchev–Trinajstić information content (AvgIpc) is 3.11. The van der Waals surface area contributed by atoms with Gasteiger partial charge < -0.3 is 9.88 Å². The summed E-state index contributed by atoms with van der Waals surface area (Å²) in [6.45, 7) is 7.95. The van der Waals surface area contributed by atoms with E-state index in [4.69, 9.17) is 0 Å². The second-order valence-corrected chi connectivity index (χ2v) is 8.56. The van der Waals surface area contributed by atoms with Crippen LogP contribution < -0.4 is 10.9 Å². The molecule has 2 aromatic rings. The SMILES string of the molecule is CC(C)(C)c1cc(=O)n2c(n1)SCC(C(=O)NCCCn1ccnc1)C2. The van der Waals surface area contributed by atoms with Crippen molar-refractivity contribution in [1.29, 1.82) is 0 Å². The van der Waals surface area contributed by atoms with Crippen LogP contribution in [-0.4, -0.2) is 37.3 Å². The number of aromatic nitrogens is 4. The molecule has 0 bridgehead atoms. The molecule has 0 saturated heterocycles. The van der Waals surface area contributed by atoms with Gasteiger partial charge >= 0.3 is 0 Å². The molecule has 0 aromatic carbocycles. The highest BCUT2D eigenvalue weighted by Crippen LogP contribution is 2.27. The quantitative estimate of drug-likeness (QED) is 0.635. The minimum atomic E-state index is -0.208. The zero-order valence-electron chi connectivity index (χ0n) is 15.4. The van der Waals surface area contributed by atoms with Gasteiger partial charge in [0.25, 0.3) is 5.56 Å². The van der Waals surface area contributed by atoms with E-state index in [-0.39, 0.29) is 22.8 Å². The lowest BCUT2D eigenvalue weighted by atomic mass is 9.92. The molecule has 2 aromatic heterocycles. The molecule has 0 fully saturated rings. The molecule has 3 rings (SSSR count). The predicted octanol–water partition coefficient (Wildman–Crippen LogP) is 1.67. The van der Waals surface area contributed by atoms with Gasteiger partial charge in [0, 0.05) is 49.3 Å². The Morgan fingerprint density at radius 1 is 1.42 bits per heavy atom. The molecular weight excluding hydrogens is 350 g/mol. The Morgan fingerprint density at radius 2 is 2.23 bits per heavy atom. The Kier molecular flexibility index (Phi) is 5.50. The molecule has 0 radical (unpaired) electrons. The van der Waals surface area contributed by atoms with Crippen molar-refractivity contribution >= 4 is 17.7 Å². The van der Waals surface area contributed by atoms with Crippen LogP contribution in [0.4, 0.5) is 0 Å². The summed E-state index contributed by atoms with van der Waals surface area (Å²) in [5, 5.41) is 3.69. The van der Waals surface area contributed by atoms with Crippen LogP contribution in [0.3, 0.4) is 0 Å². The van der Waals surface area contributed by atoms with Crippen LogP contribution in [-0.2, 0) is 23.3 Å². The zero-order valence-corrected chi connectivity index (χ0v) is 16.3. The van der Waals surface area contributed by atoms with E-state index >= 15 is 0 Å². The molecular formula is C18H25N5O2S. The van der Waals surface area contributed by atoms with Crippen LogP contribution >= 0.6 is 11.8 Å². The maximum absolute atomic E-state index is 12.5. The smallest absolute Gasteiger partial charge is 0.254 e. The Hall–Kier alpha value is -2.09. The third kappa shape index (κ3) is 4.35. The fraction of sp³-hybridized carbons (Fsp3) is 0.556. The molecule has 0 spiro atoms. The van der Waals surface area contributed by atoms with Gasteiger partial charge in [0.05, 0.1) is 17.9 Å². The number of nitrogens with zero attached hydrogens (tertiary/aromatic N) is 4. The topological polar surface area (TPSA) is 81.8 Å². The number of aryl methyl sites for hydroxylation is 1. The van der Waals surface area contributed by atoms with Crippen LogP contribution in [0, 0.1) is 5.92 Å². The number of carbonyl (C=O) groups excluding carboxylic acids is 1. The summed E-state index contributed by atoms with van der Waals surface area (Å²) < 4.78 is 3.61. The Morgan fingerprint density at radius 3 is 2.92 bits per heavy atom. The fourth-order valence-corrected chi connectivity index (χ4v) is 3.88. The zero-order chi connectivity index (χ0) is 18.7. The van der Waals surface area contributed by atoms with Gasteiger partial charge in [0.15, 0.2) is 5.16 Å². The average molecular weight is 375 g/mol. The molecule has 140 valence electrons. The van der Waals surface area contributed by atoms with Crippen molar-refractivity contribution < 1.29 is 4.79 Å². The van der Waals surface area contributed by atoms with Gasteiger partial charge in [-0.15, -0.1) is 0 Å². The summed E-state index contributed by atoms with van der Waals surface area (Å²) in [5.41, 5.74) is 0.548. The summed E-state index contributed by atoms with van der Waals surface area (Å²) in [4.78, 5) is 33.5. The monoisotopic (exact) mass is 375 g/mol. The molecule has 0 saturated carbocycles. The number of amides is 1. The molecule has 1 aliphatic rings. The highest BCUT2D eigenvalue weighted by atomic mass is 32.2. The first kappa shape index (κ1) is 18.7. The van der Waals surface area contributed by atoms with Crippen LogP contribution in [0.15, 0.2) is 34.7 Å². The van der Waals surface area contributed by atoms with Gasteiger partial charge in [-0.05, 0) is 6.42 Å². The highest BCUT2D eigenvalue weighted by Gasteiger charge is 2.28. The number of hydrogen-bond donors (Lipinski definition) is 1. The van der Waals surface area contributed by atoms with Crippen molar-refractivity contribution in [2.75, 3.05) is 12.3 Å². The standard InChI is InChI=1S/C18H25N5O2S/c1-18(2,3)14-9-15(24)23-10-13(11-26-17(23)21-14)16(25)20-5-4-7-22-8-6-19-12-22/h6,8-9,12-13H,4-5,7,10-11H2,1-3H3,(H,20,25). The number of thioether (sulfide) groups is 1. The number of hydrogen-bond acceptors (Lipinski definition) is 5. The normalized spacial score (nSPS) is 17.0. The lowest BCUT2D eigenvalue weighted by molar-refractivity contribution is -0.124. The summed E-state index contributed by atoms with van der Waals surface area (Å²) >= 11 is 1.49. The molecule has 26 heavy (non-hydrogen) atoms. The van der Waals surface area contributed by atoms with Crippen LogP contribution in [0.25, 0.3) is 0 Å². The van der Waals surface area contributed by atoms with E-state index < -0.39 is 0 Å². The summed E-state index contributed by atoms with van der Waals surface area (Å²) in [5.74, 6) is 0.439. The minimum Gasteiger partial charge on any atom is -0.356 e. The van der Waals surface area contributed by atoms with Gasteiger partial charge in [0.1, 0.15) is 0 Å². The summed E-state index contributed by atoms with van der Waals surface area (Å²) in [7, 11) is 0. The number of fused-ring (bicyclic) bond motifs is 1. The molecule has 8 heteroatoms. The van der Waals surface area contributed by atoms with E-state index in [1.54, 1.807) is 23.2 Å². The van der Waals surface area contributed by atoms with Crippen LogP contribution in [0.2, 0.25) is 0 Å². The Labute approximate surface area is 157 Å². The lowest BCUT2D eigenvalue weighted by Crippen LogP contribution is -2.40. The fourth-order valence-electron chi connectivity index (χ4n) is 2.79. The van der Waals surface area contributed by atoms with E-state index in [0.29, 0.717) is 24.0 Å². The van der Waals surface area contributed by atoms with Gasteiger partial charge in [-0.1, -0.05) is 32.5 Å². The van der Waals surface area contributed by atoms with Crippen molar-refractivity contribution in [3.63, 3.8) is 0 Å². The first-order valence-electron chi connectivity index (χ1n) is 8.83. The number of imidazole rings is 1. The van der Waals surface area contributed by atoms with Crippen molar-refractivity contribution in [1.82, 2.24) is 24.4 Å². The summed E-state index contributed by atoms with van der Waals surface area (Å²) in [6.07, 6.45) is 6.25. The third-order valence-corrected chi connectivity index (χ3v) is 5.52. The van der Waals surface area contributed by atoms with E-state index in [2.05, 4.69) is 15.3 Å². The molecule has 1 aliphatic heterocycles. The summed E-state index contributed by atoms with van der Waals surface area (Å²) in [6, 6.07) is 1.59. The third-order valence-electron chi connectivity index (χ3n) is 4.38. The molecule has 0 aliphatic carbocycles. The molecule has 3 heterocycles. The second kappa shape index (κ2) is 7.65. The molecule has 7 nitrogen and oxygen atoms in total. The van der Waals surface area contributed by atoms with E-state index in [9.17, 15) is 9.59 Å². The number of rotatable bonds is 5. The molecule has 1 atom stereocenters. The predicted molar refractivity (Wildman–Crippen MR) is 101 cm³/mol. The van der Waals surface area contributed by atoms with E-state index in [0.717, 1.165) is 18.7 Å². The van der Waals surface area contributed by atoms with Gasteiger partial charge in [-0.3, -0.25) is 14.2 Å².